The minimum atomic E-state index is -0.417. The molecule has 0 saturated carbocycles. The monoisotopic (exact) mass is 645 g/mol. The van der Waals surface area contributed by atoms with Gasteiger partial charge in [0.1, 0.15) is 5.76 Å². The van der Waals surface area contributed by atoms with Gasteiger partial charge >= 0.3 is 0 Å². The maximum atomic E-state index is 11.5. The first-order valence-electron chi connectivity index (χ1n) is 11.8. The van der Waals surface area contributed by atoms with Crippen molar-refractivity contribution in [1.29, 1.82) is 0 Å². The smallest absolute Gasteiger partial charge is 0.164 e. The topological polar surface area (TPSA) is 50.2 Å². The summed E-state index contributed by atoms with van der Waals surface area (Å²) in [5, 5.41) is 16.0. The van der Waals surface area contributed by atoms with Crippen molar-refractivity contribution in [3.05, 3.63) is 77.7 Å². The van der Waals surface area contributed by atoms with E-state index in [1.165, 1.54) is 38.7 Å². The number of hydrogen-bond acceptors (Lipinski definition) is 3. The van der Waals surface area contributed by atoms with Crippen LogP contribution in [0.25, 0.3) is 32.4 Å². The van der Waals surface area contributed by atoms with Gasteiger partial charge in [0.05, 0.1) is 0 Å². The van der Waals surface area contributed by atoms with Crippen LogP contribution in [-0.2, 0) is 30.3 Å². The van der Waals surface area contributed by atoms with Crippen molar-refractivity contribution in [2.24, 2.45) is 10.8 Å². The SMILES string of the molecule is CC(C)(C)C(=O)/C=C(\O)C(C)(C)C.CC1(C)c2cccc3c4ccc[c-]c4c4nccc1c4c23.[Ir]. The average molecular weight is 645 g/mol. The zero-order valence-electron chi connectivity index (χ0n) is 21.8. The third kappa shape index (κ3) is 4.67. The maximum Gasteiger partial charge on any atom is 0.164 e. The standard InChI is InChI=1S/C20H14N.C11H20O2.Ir/c1-20(2)15-9-5-8-13-12-6-3-4-7-14(12)19-18(17(13)15)16(20)10-11-21-19;1-10(2,3)8(12)7-9(13)11(4,5)6;/h3-6,8-11H,1-2H3;7,12H,1-6H3;/q-1;;/b;8-7-;. The summed E-state index contributed by atoms with van der Waals surface area (Å²) in [6, 6.07) is 18.5. The summed E-state index contributed by atoms with van der Waals surface area (Å²) < 4.78 is 0. The Morgan fingerprint density at radius 1 is 0.914 bits per heavy atom. The number of fused-ring (bicyclic) bond motifs is 3. The molecule has 1 aliphatic carbocycles. The largest absolute Gasteiger partial charge is 0.512 e. The molecule has 4 aromatic rings. The minimum Gasteiger partial charge on any atom is -0.512 e. The van der Waals surface area contributed by atoms with Gasteiger partial charge in [0.15, 0.2) is 5.78 Å². The Morgan fingerprint density at radius 3 is 2.17 bits per heavy atom. The Balaban J connectivity index is 0.000000216. The predicted octanol–water partition coefficient (Wildman–Crippen LogP) is 8.07. The van der Waals surface area contributed by atoms with E-state index >= 15 is 0 Å². The molecule has 1 N–H and O–H groups in total. The molecule has 1 aliphatic rings. The van der Waals surface area contributed by atoms with E-state index in [0.29, 0.717) is 0 Å². The van der Waals surface area contributed by atoms with Crippen LogP contribution >= 0.6 is 0 Å². The third-order valence-corrected chi connectivity index (χ3v) is 6.77. The normalized spacial score (nSPS) is 14.7. The van der Waals surface area contributed by atoms with E-state index in [0.717, 1.165) is 10.9 Å². The summed E-state index contributed by atoms with van der Waals surface area (Å²) in [6.45, 7) is 15.7. The van der Waals surface area contributed by atoms with Crippen molar-refractivity contribution in [3.63, 3.8) is 0 Å². The second-order valence-corrected chi connectivity index (χ2v) is 11.8. The van der Waals surface area contributed by atoms with Crippen molar-refractivity contribution >= 4 is 38.2 Å². The molecule has 0 fully saturated rings. The number of aliphatic hydroxyl groups is 1. The van der Waals surface area contributed by atoms with Gasteiger partial charge in [-0.15, -0.1) is 29.7 Å². The number of hydrogen-bond donors (Lipinski definition) is 1. The van der Waals surface area contributed by atoms with Crippen LogP contribution in [0, 0.1) is 16.9 Å². The number of rotatable bonds is 1. The Hall–Kier alpha value is -2.55. The first-order chi connectivity index (χ1) is 15.7. The summed E-state index contributed by atoms with van der Waals surface area (Å²) in [5.74, 6) is 0.104. The number of pyridine rings is 1. The first-order valence-corrected chi connectivity index (χ1v) is 11.8. The Kier molecular flexibility index (Phi) is 7.07. The van der Waals surface area contributed by atoms with Crippen LogP contribution in [0.1, 0.15) is 66.5 Å². The Morgan fingerprint density at radius 2 is 1.54 bits per heavy atom. The van der Waals surface area contributed by atoms with Crippen LogP contribution in [0.15, 0.2) is 60.5 Å². The fraction of sp³-hybridized carbons (Fsp3) is 0.355. The Bertz CT molecular complexity index is 1380. The van der Waals surface area contributed by atoms with Crippen LogP contribution in [0.4, 0.5) is 0 Å². The molecule has 5 rings (SSSR count). The molecule has 1 aromatic heterocycles. The molecule has 0 aliphatic heterocycles. The molecule has 1 heterocycles. The molecule has 0 saturated heterocycles. The fourth-order valence-electron chi connectivity index (χ4n) is 4.55. The molecule has 1 radical (unpaired) electrons. The van der Waals surface area contributed by atoms with Gasteiger partial charge in [0.25, 0.3) is 0 Å². The molecule has 0 unspecified atom stereocenters. The van der Waals surface area contributed by atoms with Gasteiger partial charge < -0.3 is 10.1 Å². The summed E-state index contributed by atoms with van der Waals surface area (Å²) in [4.78, 5) is 16.2. The zero-order chi connectivity index (χ0) is 25.1. The summed E-state index contributed by atoms with van der Waals surface area (Å²) in [5.41, 5.74) is 3.17. The second kappa shape index (κ2) is 9.15. The fourth-order valence-corrected chi connectivity index (χ4v) is 4.55. The van der Waals surface area contributed by atoms with E-state index in [-0.39, 0.29) is 42.5 Å². The van der Waals surface area contributed by atoms with Crippen molar-refractivity contribution in [3.8, 4) is 0 Å². The van der Waals surface area contributed by atoms with Crippen LogP contribution < -0.4 is 0 Å². The van der Waals surface area contributed by atoms with Crippen LogP contribution in [-0.4, -0.2) is 15.9 Å². The number of ketones is 1. The van der Waals surface area contributed by atoms with Crippen molar-refractivity contribution < 1.29 is 30.0 Å². The molecule has 4 heteroatoms. The Labute approximate surface area is 222 Å². The number of allylic oxidation sites excluding steroid dienone is 2. The quantitative estimate of drug-likeness (QED) is 0.0987. The molecule has 3 nitrogen and oxygen atoms in total. The maximum absolute atomic E-state index is 11.5. The van der Waals surface area contributed by atoms with Gasteiger partial charge in [-0.1, -0.05) is 84.4 Å². The molecule has 3 aromatic carbocycles. The zero-order valence-corrected chi connectivity index (χ0v) is 24.2. The number of carbonyl (C=O) groups excluding carboxylic acids is 1. The van der Waals surface area contributed by atoms with Crippen LogP contribution in [0.2, 0.25) is 0 Å². The summed E-state index contributed by atoms with van der Waals surface area (Å²) in [6.07, 6.45) is 3.28. The van der Waals surface area contributed by atoms with Gasteiger partial charge in [0, 0.05) is 48.6 Å². The van der Waals surface area contributed by atoms with E-state index < -0.39 is 5.41 Å². The number of aromatic nitrogens is 1. The van der Waals surface area contributed by atoms with E-state index in [4.69, 9.17) is 0 Å². The molecule has 0 spiro atoms. The molecular weight excluding hydrogens is 611 g/mol. The molecule has 0 amide bonds. The average Bonchev–Trinajstić information content (AvgIpc) is 3.00. The number of nitrogens with zero attached hydrogens (tertiary/aromatic N) is 1. The molecule has 0 atom stereocenters. The minimum absolute atomic E-state index is 0. The van der Waals surface area contributed by atoms with Gasteiger partial charge in [-0.3, -0.25) is 4.79 Å². The van der Waals surface area contributed by atoms with Gasteiger partial charge in [-0.05, 0) is 33.5 Å². The summed E-state index contributed by atoms with van der Waals surface area (Å²) in [7, 11) is 0. The number of aliphatic hydroxyl groups excluding tert-OH is 1. The van der Waals surface area contributed by atoms with E-state index in [2.05, 4.69) is 61.3 Å². The van der Waals surface area contributed by atoms with Gasteiger partial charge in [-0.25, -0.2) is 0 Å². The number of carbonyl (C=O) groups is 1. The molecule has 0 bridgehead atoms. The van der Waals surface area contributed by atoms with Gasteiger partial charge in [0.2, 0.25) is 0 Å². The van der Waals surface area contributed by atoms with Crippen molar-refractivity contribution in [1.82, 2.24) is 4.98 Å². The van der Waals surface area contributed by atoms with Gasteiger partial charge in [-0.2, -0.15) is 0 Å². The summed E-state index contributed by atoms with van der Waals surface area (Å²) >= 11 is 0. The predicted molar refractivity (Wildman–Crippen MR) is 142 cm³/mol. The van der Waals surface area contributed by atoms with Crippen molar-refractivity contribution in [2.75, 3.05) is 0 Å². The van der Waals surface area contributed by atoms with E-state index in [9.17, 15) is 9.90 Å². The molecule has 35 heavy (non-hydrogen) atoms. The second-order valence-electron chi connectivity index (χ2n) is 11.8. The first kappa shape index (κ1) is 27.0. The number of benzene rings is 3. The van der Waals surface area contributed by atoms with Crippen LogP contribution in [0.3, 0.4) is 0 Å². The molecular formula is C31H34IrNO2-. The molecule has 185 valence electrons. The van der Waals surface area contributed by atoms with E-state index in [1.54, 1.807) is 0 Å². The van der Waals surface area contributed by atoms with Crippen molar-refractivity contribution in [2.45, 2.75) is 60.8 Å². The van der Waals surface area contributed by atoms with Crippen LogP contribution in [0.5, 0.6) is 0 Å². The third-order valence-electron chi connectivity index (χ3n) is 6.77. The van der Waals surface area contributed by atoms with E-state index in [1.807, 2.05) is 53.8 Å².